The molecule has 0 atom stereocenters. The van der Waals surface area contributed by atoms with Gasteiger partial charge in [-0.2, -0.15) is 0 Å². The minimum atomic E-state index is 0.00282. The summed E-state index contributed by atoms with van der Waals surface area (Å²) >= 11 is 0. The molecule has 0 fully saturated rings. The summed E-state index contributed by atoms with van der Waals surface area (Å²) in [6.07, 6.45) is 8.91. The van der Waals surface area contributed by atoms with Crippen LogP contribution in [-0.4, -0.2) is 6.71 Å². The first-order valence-electron chi connectivity index (χ1n) is 19.6. The first-order valence-corrected chi connectivity index (χ1v) is 19.6. The molecular weight excluding hydrogens is 651 g/mol. The maximum atomic E-state index is 2.56. The van der Waals surface area contributed by atoms with E-state index in [-0.39, 0.29) is 17.5 Å². The number of hydrogen-bond acceptors (Lipinski definition) is 2. The van der Waals surface area contributed by atoms with Crippen molar-refractivity contribution in [2.75, 3.05) is 9.80 Å². The van der Waals surface area contributed by atoms with Gasteiger partial charge in [-0.3, -0.25) is 0 Å². The highest BCUT2D eigenvalue weighted by Gasteiger charge is 2.44. The molecule has 0 radical (unpaired) electrons. The Morgan fingerprint density at radius 3 is 1.81 bits per heavy atom. The monoisotopic (exact) mass is 702 g/mol. The van der Waals surface area contributed by atoms with Gasteiger partial charge in [0.1, 0.15) is 0 Å². The number of fused-ring (bicyclic) bond motifs is 4. The van der Waals surface area contributed by atoms with Crippen LogP contribution in [0.15, 0.2) is 157 Å². The minimum absolute atomic E-state index is 0.00282. The highest BCUT2D eigenvalue weighted by atomic mass is 15.2. The molecule has 3 heteroatoms. The number of unbranched alkanes of at least 4 members (excludes halogenated alkanes) is 1. The van der Waals surface area contributed by atoms with E-state index < -0.39 is 0 Å². The number of nitrogens with zero attached hydrogens (tertiary/aromatic N) is 2. The zero-order chi connectivity index (χ0) is 37.6. The van der Waals surface area contributed by atoms with Crippen molar-refractivity contribution in [1.82, 2.24) is 0 Å². The Bertz CT molecular complexity index is 2370. The predicted octanol–water partition coefficient (Wildman–Crippen LogP) is 12.1. The molecule has 8 rings (SSSR count). The second-order valence-corrected chi connectivity index (χ2v) is 17.0. The fourth-order valence-corrected chi connectivity index (χ4v) is 8.29. The molecule has 6 aromatic carbocycles. The minimum Gasteiger partial charge on any atom is -0.316 e. The standard InChI is InChI=1S/C51H51BN2/c1-36(20-11-8-12-21-37-22-13-9-14-23-37)53-45-28-19-29-46-49(45)52(42-32-30-39(34-47(42)53)50(2,3)4)43-33-31-40(51(5,6)7)35-48(43)54(46)44-27-18-17-26-41(44)38-24-15-10-16-25-38/h9-10,12-35H,8,11H2,1-7H3/b21-12+,36-20+. The number of hydrogen-bond donors (Lipinski definition) is 0. The lowest BCUT2D eigenvalue weighted by Crippen LogP contribution is -2.61. The van der Waals surface area contributed by atoms with Gasteiger partial charge in [0.15, 0.2) is 0 Å². The van der Waals surface area contributed by atoms with E-state index >= 15 is 0 Å². The van der Waals surface area contributed by atoms with Crippen molar-refractivity contribution in [1.29, 1.82) is 0 Å². The molecule has 6 aromatic rings. The molecule has 2 aliphatic heterocycles. The number of benzene rings is 6. The van der Waals surface area contributed by atoms with Crippen LogP contribution < -0.4 is 26.2 Å². The van der Waals surface area contributed by atoms with Gasteiger partial charge >= 0.3 is 0 Å². The van der Waals surface area contributed by atoms with Crippen molar-refractivity contribution in [3.8, 4) is 11.1 Å². The molecule has 0 spiro atoms. The Balaban J connectivity index is 1.33. The normalized spacial score (nSPS) is 13.9. The van der Waals surface area contributed by atoms with E-state index in [1.54, 1.807) is 0 Å². The van der Waals surface area contributed by atoms with E-state index in [0.29, 0.717) is 0 Å². The third-order valence-corrected chi connectivity index (χ3v) is 11.2. The SMILES string of the molecule is C/C(=C\CC/C=C/c1ccccc1)N1c2cc(C(C)(C)C)ccc2B2c3ccc(C(C)(C)C)cc3N(c3ccccc3-c3ccccc3)c3cccc1c32. The average Bonchev–Trinajstić information content (AvgIpc) is 3.17. The fraction of sp³-hybridized carbons (Fsp3) is 0.216. The van der Waals surface area contributed by atoms with Crippen LogP contribution in [0.3, 0.4) is 0 Å². The van der Waals surface area contributed by atoms with Crippen LogP contribution in [0.5, 0.6) is 0 Å². The Hall–Kier alpha value is -5.54. The topological polar surface area (TPSA) is 6.48 Å². The largest absolute Gasteiger partial charge is 0.316 e. The smallest absolute Gasteiger partial charge is 0.252 e. The summed E-state index contributed by atoms with van der Waals surface area (Å²) in [5, 5.41) is 0. The third kappa shape index (κ3) is 6.51. The van der Waals surface area contributed by atoms with Crippen LogP contribution in [0.25, 0.3) is 17.2 Å². The Morgan fingerprint density at radius 1 is 0.556 bits per heavy atom. The summed E-state index contributed by atoms with van der Waals surface area (Å²) in [6.45, 7) is 16.3. The van der Waals surface area contributed by atoms with Gasteiger partial charge in [0, 0.05) is 34.0 Å². The molecule has 2 nitrogen and oxygen atoms in total. The molecule has 0 amide bonds. The molecule has 2 aliphatic rings. The highest BCUT2D eigenvalue weighted by Crippen LogP contribution is 2.46. The van der Waals surface area contributed by atoms with E-state index in [0.717, 1.165) is 12.8 Å². The predicted molar refractivity (Wildman–Crippen MR) is 236 cm³/mol. The number of para-hydroxylation sites is 1. The number of anilines is 5. The molecule has 0 unspecified atom stereocenters. The summed E-state index contributed by atoms with van der Waals surface area (Å²) in [5.41, 5.74) is 18.0. The van der Waals surface area contributed by atoms with Gasteiger partial charge in [-0.05, 0) is 99.6 Å². The van der Waals surface area contributed by atoms with Crippen LogP contribution in [0.4, 0.5) is 28.4 Å². The number of rotatable bonds is 7. The summed E-state index contributed by atoms with van der Waals surface area (Å²) < 4.78 is 0. The highest BCUT2D eigenvalue weighted by molar-refractivity contribution is 7.00. The van der Waals surface area contributed by atoms with Gasteiger partial charge in [-0.1, -0.05) is 169 Å². The summed E-state index contributed by atoms with van der Waals surface area (Å²) in [6, 6.07) is 51.9. The lowest BCUT2D eigenvalue weighted by molar-refractivity contribution is 0.590. The van der Waals surface area contributed by atoms with Gasteiger partial charge in [0.25, 0.3) is 6.71 Å². The first-order chi connectivity index (χ1) is 26.0. The molecule has 2 heterocycles. The van der Waals surface area contributed by atoms with Crippen LogP contribution in [0, 0.1) is 0 Å². The van der Waals surface area contributed by atoms with Crippen molar-refractivity contribution < 1.29 is 0 Å². The van der Waals surface area contributed by atoms with Gasteiger partial charge in [-0.15, -0.1) is 0 Å². The van der Waals surface area contributed by atoms with E-state index in [1.165, 1.54) is 78.3 Å². The molecule has 0 aromatic heterocycles. The lowest BCUT2D eigenvalue weighted by Gasteiger charge is -2.45. The zero-order valence-electron chi connectivity index (χ0n) is 32.9. The molecular formula is C51H51BN2. The number of allylic oxidation sites excluding steroid dienone is 3. The molecule has 0 N–H and O–H groups in total. The van der Waals surface area contributed by atoms with Crippen molar-refractivity contribution in [3.63, 3.8) is 0 Å². The van der Waals surface area contributed by atoms with Gasteiger partial charge in [0.2, 0.25) is 0 Å². The van der Waals surface area contributed by atoms with Crippen molar-refractivity contribution in [3.05, 3.63) is 174 Å². The van der Waals surface area contributed by atoms with Gasteiger partial charge in [0.05, 0.1) is 5.69 Å². The molecule has 0 saturated heterocycles. The van der Waals surface area contributed by atoms with E-state index in [9.17, 15) is 0 Å². The maximum Gasteiger partial charge on any atom is 0.252 e. The third-order valence-electron chi connectivity index (χ3n) is 11.2. The van der Waals surface area contributed by atoms with Crippen LogP contribution >= 0.6 is 0 Å². The van der Waals surface area contributed by atoms with Crippen LogP contribution in [-0.2, 0) is 10.8 Å². The molecule has 54 heavy (non-hydrogen) atoms. The van der Waals surface area contributed by atoms with E-state index in [2.05, 4.69) is 216 Å². The van der Waals surface area contributed by atoms with Crippen molar-refractivity contribution >= 4 is 57.6 Å². The fourth-order valence-electron chi connectivity index (χ4n) is 8.29. The zero-order valence-corrected chi connectivity index (χ0v) is 32.9. The van der Waals surface area contributed by atoms with Crippen molar-refractivity contribution in [2.24, 2.45) is 0 Å². The average molecular weight is 703 g/mol. The first kappa shape index (κ1) is 35.5. The van der Waals surface area contributed by atoms with Gasteiger partial charge < -0.3 is 9.80 Å². The second kappa shape index (κ2) is 14.0. The molecule has 0 bridgehead atoms. The molecule has 0 saturated carbocycles. The summed E-state index contributed by atoms with van der Waals surface area (Å²) in [5.74, 6) is 0. The second-order valence-electron chi connectivity index (χ2n) is 17.0. The maximum absolute atomic E-state index is 2.56. The van der Waals surface area contributed by atoms with Crippen LogP contribution in [0.2, 0.25) is 0 Å². The lowest BCUT2D eigenvalue weighted by atomic mass is 9.33. The Morgan fingerprint density at radius 2 is 1.13 bits per heavy atom. The van der Waals surface area contributed by atoms with Crippen LogP contribution in [0.1, 0.15) is 78.0 Å². The summed E-state index contributed by atoms with van der Waals surface area (Å²) in [7, 11) is 0. The van der Waals surface area contributed by atoms with E-state index in [4.69, 9.17) is 0 Å². The Labute approximate surface area is 323 Å². The summed E-state index contributed by atoms with van der Waals surface area (Å²) in [4.78, 5) is 5.11. The molecule has 268 valence electrons. The Kier molecular flexibility index (Phi) is 9.22. The van der Waals surface area contributed by atoms with E-state index in [1.807, 2.05) is 0 Å². The van der Waals surface area contributed by atoms with Gasteiger partial charge in [-0.25, -0.2) is 0 Å². The van der Waals surface area contributed by atoms with Crippen molar-refractivity contribution in [2.45, 2.75) is 72.1 Å². The molecule has 0 aliphatic carbocycles. The quantitative estimate of drug-likeness (QED) is 0.121.